The van der Waals surface area contributed by atoms with Gasteiger partial charge in [0.2, 0.25) is 17.7 Å². The molecule has 0 atom stereocenters. The lowest BCUT2D eigenvalue weighted by Gasteiger charge is -2.32. The standard InChI is InChI=1S/C24H25Cl2N3O3/c1-28(16-21(30)27-23-19(25)8-5-9-20(23)26)24(32)18-12-14-29(15-13-18)22(31)11-10-17-6-3-2-4-7-17/h2-11,18H,12-16H2,1H3,(H,27,30)/b11-10+. The second kappa shape index (κ2) is 11.2. The molecule has 1 aliphatic heterocycles. The molecule has 1 aliphatic rings. The molecule has 1 saturated heterocycles. The molecule has 1 N–H and O–H groups in total. The van der Waals surface area contributed by atoms with Crippen LogP contribution in [0.15, 0.2) is 54.6 Å². The average Bonchev–Trinajstić information content (AvgIpc) is 2.80. The minimum atomic E-state index is -0.380. The van der Waals surface area contributed by atoms with Crippen LogP contribution in [-0.2, 0) is 14.4 Å². The lowest BCUT2D eigenvalue weighted by Crippen LogP contribution is -2.44. The summed E-state index contributed by atoms with van der Waals surface area (Å²) in [7, 11) is 1.59. The Balaban J connectivity index is 1.47. The molecule has 2 aromatic carbocycles. The van der Waals surface area contributed by atoms with E-state index in [4.69, 9.17) is 23.2 Å². The molecule has 0 aromatic heterocycles. The molecule has 0 bridgehead atoms. The quantitative estimate of drug-likeness (QED) is 0.634. The van der Waals surface area contributed by atoms with Gasteiger partial charge in [-0.05, 0) is 36.6 Å². The van der Waals surface area contributed by atoms with Crippen LogP contribution in [0.2, 0.25) is 10.0 Å². The van der Waals surface area contributed by atoms with Crippen LogP contribution in [-0.4, -0.2) is 54.2 Å². The highest BCUT2D eigenvalue weighted by atomic mass is 35.5. The van der Waals surface area contributed by atoms with Crippen LogP contribution < -0.4 is 5.32 Å². The zero-order chi connectivity index (χ0) is 23.1. The van der Waals surface area contributed by atoms with Crippen molar-refractivity contribution in [2.75, 3.05) is 32.0 Å². The summed E-state index contributed by atoms with van der Waals surface area (Å²) >= 11 is 12.1. The Morgan fingerprint density at radius 2 is 1.66 bits per heavy atom. The molecule has 0 spiro atoms. The Hall–Kier alpha value is -2.83. The maximum absolute atomic E-state index is 12.8. The van der Waals surface area contributed by atoms with Gasteiger partial charge in [-0.2, -0.15) is 0 Å². The molecule has 32 heavy (non-hydrogen) atoms. The minimum Gasteiger partial charge on any atom is -0.339 e. The largest absolute Gasteiger partial charge is 0.339 e. The number of hydrogen-bond acceptors (Lipinski definition) is 3. The number of benzene rings is 2. The molecule has 168 valence electrons. The predicted octanol–water partition coefficient (Wildman–Crippen LogP) is 4.34. The Kier molecular flexibility index (Phi) is 8.31. The van der Waals surface area contributed by atoms with Gasteiger partial charge in [-0.3, -0.25) is 14.4 Å². The number of hydrogen-bond donors (Lipinski definition) is 1. The monoisotopic (exact) mass is 473 g/mol. The number of halogens is 2. The van der Waals surface area contributed by atoms with E-state index in [2.05, 4.69) is 5.32 Å². The van der Waals surface area contributed by atoms with Crippen LogP contribution in [0, 0.1) is 5.92 Å². The van der Waals surface area contributed by atoms with Crippen molar-refractivity contribution in [3.05, 3.63) is 70.2 Å². The van der Waals surface area contributed by atoms with E-state index >= 15 is 0 Å². The lowest BCUT2D eigenvalue weighted by atomic mass is 9.95. The number of carbonyl (C=O) groups is 3. The fourth-order valence-electron chi connectivity index (χ4n) is 3.59. The molecule has 3 rings (SSSR count). The molecule has 2 aromatic rings. The zero-order valence-corrected chi connectivity index (χ0v) is 19.3. The fourth-order valence-corrected chi connectivity index (χ4v) is 4.08. The third-order valence-corrected chi connectivity index (χ3v) is 5.99. The molecule has 0 aliphatic carbocycles. The van der Waals surface area contributed by atoms with Gasteiger partial charge < -0.3 is 15.1 Å². The van der Waals surface area contributed by atoms with Gasteiger partial charge in [0.1, 0.15) is 0 Å². The SMILES string of the molecule is CN(CC(=O)Nc1c(Cl)cccc1Cl)C(=O)C1CCN(C(=O)/C=C/c2ccccc2)CC1. The topological polar surface area (TPSA) is 69.7 Å². The number of rotatable bonds is 6. The van der Waals surface area contributed by atoms with Crippen molar-refractivity contribution < 1.29 is 14.4 Å². The third kappa shape index (κ3) is 6.34. The van der Waals surface area contributed by atoms with Crippen molar-refractivity contribution in [3.63, 3.8) is 0 Å². The van der Waals surface area contributed by atoms with Gasteiger partial charge in [-0.15, -0.1) is 0 Å². The van der Waals surface area contributed by atoms with Crippen LogP contribution in [0.4, 0.5) is 5.69 Å². The summed E-state index contributed by atoms with van der Waals surface area (Å²) in [6.45, 7) is 0.895. The number of amides is 3. The van der Waals surface area contributed by atoms with E-state index in [1.807, 2.05) is 30.3 Å². The van der Waals surface area contributed by atoms with Crippen LogP contribution in [0.1, 0.15) is 18.4 Å². The number of para-hydroxylation sites is 1. The Labute approximate surface area is 197 Å². The van der Waals surface area contributed by atoms with Crippen molar-refractivity contribution >= 4 is 52.7 Å². The van der Waals surface area contributed by atoms with E-state index < -0.39 is 0 Å². The number of likely N-dealkylation sites (tertiary alicyclic amines) is 1. The van der Waals surface area contributed by atoms with Crippen molar-refractivity contribution in [2.24, 2.45) is 5.92 Å². The van der Waals surface area contributed by atoms with Crippen molar-refractivity contribution in [3.8, 4) is 0 Å². The van der Waals surface area contributed by atoms with E-state index in [0.29, 0.717) is 41.7 Å². The highest BCUT2D eigenvalue weighted by molar-refractivity contribution is 6.39. The maximum atomic E-state index is 12.8. The molecular weight excluding hydrogens is 449 g/mol. The van der Waals surface area contributed by atoms with E-state index in [1.54, 1.807) is 42.3 Å². The predicted molar refractivity (Wildman–Crippen MR) is 128 cm³/mol. The first kappa shape index (κ1) is 23.8. The number of piperidine rings is 1. The van der Waals surface area contributed by atoms with E-state index in [9.17, 15) is 14.4 Å². The van der Waals surface area contributed by atoms with Crippen molar-refractivity contribution in [1.29, 1.82) is 0 Å². The fraction of sp³-hybridized carbons (Fsp3) is 0.292. The Morgan fingerprint density at radius 1 is 1.03 bits per heavy atom. The van der Waals surface area contributed by atoms with Gasteiger partial charge in [0.25, 0.3) is 0 Å². The molecular formula is C24H25Cl2N3O3. The second-order valence-electron chi connectivity index (χ2n) is 7.68. The smallest absolute Gasteiger partial charge is 0.246 e. The average molecular weight is 474 g/mol. The van der Waals surface area contributed by atoms with Gasteiger partial charge in [0.15, 0.2) is 0 Å². The first-order chi connectivity index (χ1) is 15.3. The second-order valence-corrected chi connectivity index (χ2v) is 8.50. The van der Waals surface area contributed by atoms with Gasteiger partial charge in [0.05, 0.1) is 22.3 Å². The summed E-state index contributed by atoms with van der Waals surface area (Å²) in [6.07, 6.45) is 4.48. The van der Waals surface area contributed by atoms with Crippen molar-refractivity contribution in [2.45, 2.75) is 12.8 Å². The first-order valence-electron chi connectivity index (χ1n) is 10.4. The van der Waals surface area contributed by atoms with E-state index in [1.165, 1.54) is 4.90 Å². The Morgan fingerprint density at radius 3 is 2.28 bits per heavy atom. The highest BCUT2D eigenvalue weighted by Crippen LogP contribution is 2.29. The maximum Gasteiger partial charge on any atom is 0.246 e. The molecule has 3 amide bonds. The summed E-state index contributed by atoms with van der Waals surface area (Å²) in [5, 5.41) is 3.32. The Bertz CT molecular complexity index is 983. The molecule has 1 fully saturated rings. The summed E-state index contributed by atoms with van der Waals surface area (Å²) in [4.78, 5) is 40.7. The summed E-state index contributed by atoms with van der Waals surface area (Å²) in [5.74, 6) is -0.783. The van der Waals surface area contributed by atoms with Gasteiger partial charge in [-0.1, -0.05) is 59.6 Å². The van der Waals surface area contributed by atoms with E-state index in [0.717, 1.165) is 5.56 Å². The number of likely N-dealkylation sites (N-methyl/N-ethyl adjacent to an activating group) is 1. The molecule has 0 unspecified atom stereocenters. The highest BCUT2D eigenvalue weighted by Gasteiger charge is 2.29. The van der Waals surface area contributed by atoms with Gasteiger partial charge in [0, 0.05) is 32.1 Å². The van der Waals surface area contributed by atoms with Gasteiger partial charge >= 0.3 is 0 Å². The lowest BCUT2D eigenvalue weighted by molar-refractivity contribution is -0.140. The van der Waals surface area contributed by atoms with Crippen LogP contribution in [0.3, 0.4) is 0 Å². The molecule has 0 radical (unpaired) electrons. The molecule has 8 heteroatoms. The summed E-state index contributed by atoms with van der Waals surface area (Å²) in [6, 6.07) is 14.6. The number of nitrogens with one attached hydrogen (secondary N) is 1. The van der Waals surface area contributed by atoms with Crippen LogP contribution in [0.5, 0.6) is 0 Å². The number of nitrogens with zero attached hydrogens (tertiary/aromatic N) is 2. The molecule has 0 saturated carbocycles. The third-order valence-electron chi connectivity index (χ3n) is 5.36. The zero-order valence-electron chi connectivity index (χ0n) is 17.8. The van der Waals surface area contributed by atoms with Crippen molar-refractivity contribution in [1.82, 2.24) is 9.80 Å². The first-order valence-corrected chi connectivity index (χ1v) is 11.1. The normalized spacial score (nSPS) is 14.4. The van der Waals surface area contributed by atoms with E-state index in [-0.39, 0.29) is 30.2 Å². The van der Waals surface area contributed by atoms with Gasteiger partial charge in [-0.25, -0.2) is 0 Å². The summed E-state index contributed by atoms with van der Waals surface area (Å²) < 4.78 is 0. The molecule has 1 heterocycles. The van der Waals surface area contributed by atoms with Crippen LogP contribution in [0.25, 0.3) is 6.08 Å². The number of anilines is 1. The summed E-state index contributed by atoms with van der Waals surface area (Å²) in [5.41, 5.74) is 1.29. The number of carbonyl (C=O) groups excluding carboxylic acids is 3. The molecule has 6 nitrogen and oxygen atoms in total. The van der Waals surface area contributed by atoms with Crippen LogP contribution >= 0.6 is 23.2 Å². The minimum absolute atomic E-state index is 0.0656.